The van der Waals surface area contributed by atoms with Gasteiger partial charge in [0, 0.05) is 6.07 Å². The zero-order chi connectivity index (χ0) is 11.5. The van der Waals surface area contributed by atoms with Crippen molar-refractivity contribution in [2.24, 2.45) is 0 Å². The number of hydrogen-bond donors (Lipinski definition) is 1. The summed E-state index contributed by atoms with van der Waals surface area (Å²) >= 11 is 3.41. The highest BCUT2D eigenvalue weighted by molar-refractivity contribution is 9.09. The molecule has 2 rings (SSSR count). The van der Waals surface area contributed by atoms with E-state index >= 15 is 0 Å². The van der Waals surface area contributed by atoms with E-state index in [2.05, 4.69) is 36.3 Å². The first-order chi connectivity index (χ1) is 7.70. The summed E-state index contributed by atoms with van der Waals surface area (Å²) in [5.41, 5.74) is 0.185. The van der Waals surface area contributed by atoms with Crippen LogP contribution >= 0.6 is 15.9 Å². The summed E-state index contributed by atoms with van der Waals surface area (Å²) in [6, 6.07) is 2.89. The van der Waals surface area contributed by atoms with Crippen LogP contribution in [0.4, 0.5) is 0 Å². The van der Waals surface area contributed by atoms with E-state index in [-0.39, 0.29) is 10.4 Å². The van der Waals surface area contributed by atoms with Gasteiger partial charge in [0.25, 0.3) is 11.4 Å². The fourth-order valence-corrected chi connectivity index (χ4v) is 1.29. The van der Waals surface area contributed by atoms with E-state index in [0.29, 0.717) is 17.5 Å². The number of aromatic amines is 1. The van der Waals surface area contributed by atoms with Gasteiger partial charge in [0.2, 0.25) is 5.89 Å². The third-order valence-electron chi connectivity index (χ3n) is 1.97. The highest BCUT2D eigenvalue weighted by atomic mass is 79.9. The first kappa shape index (κ1) is 11.0. The molecular formula is C9H9BrN4O2. The van der Waals surface area contributed by atoms with Crippen LogP contribution < -0.4 is 5.56 Å². The molecule has 0 spiro atoms. The van der Waals surface area contributed by atoms with E-state index in [1.165, 1.54) is 12.1 Å². The second-order valence-electron chi connectivity index (χ2n) is 3.13. The first-order valence-corrected chi connectivity index (χ1v) is 5.66. The lowest BCUT2D eigenvalue weighted by molar-refractivity contribution is 0.498. The van der Waals surface area contributed by atoms with E-state index in [1.807, 2.05) is 6.92 Å². The lowest BCUT2D eigenvalue weighted by Gasteiger charge is -1.97. The Morgan fingerprint density at radius 2 is 2.31 bits per heavy atom. The Kier molecular flexibility index (Phi) is 3.14. The first-order valence-electron chi connectivity index (χ1n) is 4.74. The van der Waals surface area contributed by atoms with Gasteiger partial charge in [0.15, 0.2) is 0 Å². The predicted octanol–water partition coefficient (Wildman–Crippen LogP) is 1.67. The van der Waals surface area contributed by atoms with Crippen molar-refractivity contribution in [3.8, 4) is 11.6 Å². The van der Waals surface area contributed by atoms with Crippen LogP contribution in [0.5, 0.6) is 0 Å². The smallest absolute Gasteiger partial charge is 0.268 e. The second kappa shape index (κ2) is 4.56. The topological polar surface area (TPSA) is 84.7 Å². The molecule has 0 aromatic carbocycles. The van der Waals surface area contributed by atoms with Crippen molar-refractivity contribution in [1.82, 2.24) is 20.4 Å². The molecule has 0 saturated carbocycles. The van der Waals surface area contributed by atoms with Crippen LogP contribution in [0.25, 0.3) is 11.6 Å². The van der Waals surface area contributed by atoms with Crippen LogP contribution in [0.3, 0.4) is 0 Å². The molecule has 0 radical (unpaired) electrons. The highest BCUT2D eigenvalue weighted by Gasteiger charge is 2.15. The zero-order valence-corrected chi connectivity index (χ0v) is 10.1. The highest BCUT2D eigenvalue weighted by Crippen LogP contribution is 2.26. The molecule has 6 nitrogen and oxygen atoms in total. The summed E-state index contributed by atoms with van der Waals surface area (Å²) in [4.78, 5) is 10.9. The molecule has 1 unspecified atom stereocenters. The minimum atomic E-state index is -0.268. The number of alkyl halides is 1. The van der Waals surface area contributed by atoms with Crippen LogP contribution in [-0.4, -0.2) is 20.4 Å². The van der Waals surface area contributed by atoms with Gasteiger partial charge in [-0.3, -0.25) is 4.79 Å². The van der Waals surface area contributed by atoms with E-state index in [0.717, 1.165) is 6.42 Å². The zero-order valence-electron chi connectivity index (χ0n) is 8.48. The molecular weight excluding hydrogens is 276 g/mol. The quantitative estimate of drug-likeness (QED) is 0.867. The monoisotopic (exact) mass is 284 g/mol. The molecule has 0 amide bonds. The number of H-pyrrole nitrogens is 1. The Hall–Kier alpha value is -1.50. The van der Waals surface area contributed by atoms with Crippen molar-refractivity contribution in [2.45, 2.75) is 18.2 Å². The third kappa shape index (κ3) is 2.19. The number of aromatic nitrogens is 4. The average molecular weight is 285 g/mol. The van der Waals surface area contributed by atoms with Gasteiger partial charge in [-0.1, -0.05) is 22.9 Å². The van der Waals surface area contributed by atoms with Crippen LogP contribution in [0, 0.1) is 0 Å². The molecule has 0 aliphatic heterocycles. The van der Waals surface area contributed by atoms with Crippen LogP contribution in [0.15, 0.2) is 21.3 Å². The SMILES string of the molecule is CCC(Br)c1nnc(-c2ccc(=O)[nH]n2)o1. The van der Waals surface area contributed by atoms with Crippen LogP contribution in [0.2, 0.25) is 0 Å². The predicted molar refractivity (Wildman–Crippen MR) is 60.1 cm³/mol. The van der Waals surface area contributed by atoms with Gasteiger partial charge in [-0.15, -0.1) is 10.2 Å². The van der Waals surface area contributed by atoms with Gasteiger partial charge in [-0.2, -0.15) is 5.10 Å². The lowest BCUT2D eigenvalue weighted by Crippen LogP contribution is -2.05. The fraction of sp³-hybridized carbons (Fsp3) is 0.333. The summed E-state index contributed by atoms with van der Waals surface area (Å²) in [6.07, 6.45) is 0.848. The summed E-state index contributed by atoms with van der Waals surface area (Å²) in [7, 11) is 0. The molecule has 1 N–H and O–H groups in total. The Morgan fingerprint density at radius 3 is 2.94 bits per heavy atom. The largest absolute Gasteiger partial charge is 0.418 e. The van der Waals surface area contributed by atoms with Crippen LogP contribution in [-0.2, 0) is 0 Å². The van der Waals surface area contributed by atoms with Crippen molar-refractivity contribution in [3.05, 3.63) is 28.4 Å². The van der Waals surface area contributed by atoms with Gasteiger partial charge >= 0.3 is 0 Å². The Morgan fingerprint density at radius 1 is 1.50 bits per heavy atom. The summed E-state index contributed by atoms with van der Waals surface area (Å²) in [6.45, 7) is 2.00. The van der Waals surface area contributed by atoms with Crippen molar-refractivity contribution in [2.75, 3.05) is 0 Å². The molecule has 2 heterocycles. The molecule has 0 aliphatic rings. The Balaban J connectivity index is 2.31. The van der Waals surface area contributed by atoms with E-state index in [4.69, 9.17) is 4.42 Å². The van der Waals surface area contributed by atoms with Crippen LogP contribution in [0.1, 0.15) is 24.1 Å². The molecule has 16 heavy (non-hydrogen) atoms. The Bertz CT molecular complexity index is 516. The van der Waals surface area contributed by atoms with Gasteiger partial charge in [-0.05, 0) is 12.5 Å². The standard InChI is InChI=1S/C9H9BrN4O2/c1-2-5(10)8-13-14-9(16-8)6-3-4-7(15)12-11-6/h3-5H,2H2,1H3,(H,12,15). The second-order valence-corrected chi connectivity index (χ2v) is 4.23. The van der Waals surface area contributed by atoms with E-state index in [9.17, 15) is 4.79 Å². The minimum Gasteiger partial charge on any atom is -0.418 e. The van der Waals surface area contributed by atoms with Gasteiger partial charge in [0.1, 0.15) is 5.69 Å². The maximum atomic E-state index is 10.8. The summed E-state index contributed by atoms with van der Waals surface area (Å²) in [5, 5.41) is 13.8. The number of rotatable bonds is 3. The molecule has 1 atom stereocenters. The Labute approximate surface area is 99.2 Å². The molecule has 2 aromatic rings. The van der Waals surface area contributed by atoms with Crippen molar-refractivity contribution < 1.29 is 4.42 Å². The molecule has 0 aliphatic carbocycles. The van der Waals surface area contributed by atoms with E-state index in [1.54, 1.807) is 0 Å². The number of nitrogens with zero attached hydrogens (tertiary/aromatic N) is 3. The number of nitrogens with one attached hydrogen (secondary N) is 1. The number of hydrogen-bond acceptors (Lipinski definition) is 5. The number of halogens is 1. The molecule has 0 bridgehead atoms. The van der Waals surface area contributed by atoms with Gasteiger partial charge in [0.05, 0.1) is 4.83 Å². The lowest BCUT2D eigenvalue weighted by atomic mass is 10.3. The fourth-order valence-electron chi connectivity index (χ4n) is 1.10. The summed E-state index contributed by atoms with van der Waals surface area (Å²) in [5.74, 6) is 0.801. The maximum absolute atomic E-state index is 10.8. The van der Waals surface area contributed by atoms with E-state index < -0.39 is 0 Å². The third-order valence-corrected chi connectivity index (χ3v) is 3.00. The van der Waals surface area contributed by atoms with Crippen molar-refractivity contribution in [3.63, 3.8) is 0 Å². The molecule has 0 fully saturated rings. The molecule has 0 saturated heterocycles. The van der Waals surface area contributed by atoms with Crippen molar-refractivity contribution in [1.29, 1.82) is 0 Å². The average Bonchev–Trinajstić information content (AvgIpc) is 2.78. The molecule has 84 valence electrons. The molecule has 2 aromatic heterocycles. The normalized spacial score (nSPS) is 12.6. The van der Waals surface area contributed by atoms with Gasteiger partial charge in [-0.25, -0.2) is 5.10 Å². The maximum Gasteiger partial charge on any atom is 0.268 e. The molecule has 7 heteroatoms. The minimum absolute atomic E-state index is 0.0384. The summed E-state index contributed by atoms with van der Waals surface area (Å²) < 4.78 is 5.41. The van der Waals surface area contributed by atoms with Crippen molar-refractivity contribution >= 4 is 15.9 Å². The van der Waals surface area contributed by atoms with Gasteiger partial charge < -0.3 is 4.42 Å².